The summed E-state index contributed by atoms with van der Waals surface area (Å²) in [7, 11) is 1.78. The standard InChI is InChI=1S/C13H13FN4/c1-18(10-5-2-4-9(14)8-10)11-6-3-7-17-12(11)13(15)16/h2-8H,1H3,(H3,15,16). The average Bonchev–Trinajstić information content (AvgIpc) is 2.38. The largest absolute Gasteiger partial charge is 0.382 e. The molecule has 1 heterocycles. The van der Waals surface area contributed by atoms with Gasteiger partial charge in [-0.3, -0.25) is 10.4 Å². The Hall–Kier alpha value is -2.43. The van der Waals surface area contributed by atoms with Gasteiger partial charge in [0.05, 0.1) is 5.69 Å². The van der Waals surface area contributed by atoms with Crippen LogP contribution in [0.4, 0.5) is 15.8 Å². The van der Waals surface area contributed by atoms with Gasteiger partial charge in [-0.25, -0.2) is 4.39 Å². The van der Waals surface area contributed by atoms with Gasteiger partial charge >= 0.3 is 0 Å². The van der Waals surface area contributed by atoms with Crippen molar-refractivity contribution in [2.24, 2.45) is 5.73 Å². The Morgan fingerprint density at radius 3 is 2.78 bits per heavy atom. The molecule has 0 bridgehead atoms. The van der Waals surface area contributed by atoms with Crippen LogP contribution in [0.5, 0.6) is 0 Å². The van der Waals surface area contributed by atoms with Gasteiger partial charge in [0, 0.05) is 18.9 Å². The molecule has 2 rings (SSSR count). The minimum Gasteiger partial charge on any atom is -0.382 e. The van der Waals surface area contributed by atoms with Crippen molar-refractivity contribution < 1.29 is 4.39 Å². The van der Waals surface area contributed by atoms with E-state index in [1.54, 1.807) is 42.4 Å². The molecule has 5 heteroatoms. The Morgan fingerprint density at radius 2 is 2.11 bits per heavy atom. The van der Waals surface area contributed by atoms with Gasteiger partial charge in [-0.1, -0.05) is 6.07 Å². The van der Waals surface area contributed by atoms with Crippen molar-refractivity contribution in [3.8, 4) is 0 Å². The number of nitrogens with zero attached hydrogens (tertiary/aromatic N) is 2. The smallest absolute Gasteiger partial charge is 0.143 e. The van der Waals surface area contributed by atoms with Gasteiger partial charge in [-0.05, 0) is 30.3 Å². The van der Waals surface area contributed by atoms with Crippen LogP contribution >= 0.6 is 0 Å². The van der Waals surface area contributed by atoms with Crippen LogP contribution in [0.2, 0.25) is 0 Å². The highest BCUT2D eigenvalue weighted by atomic mass is 19.1. The lowest BCUT2D eigenvalue weighted by Gasteiger charge is -2.21. The number of aromatic nitrogens is 1. The van der Waals surface area contributed by atoms with Crippen molar-refractivity contribution in [1.82, 2.24) is 4.98 Å². The Labute approximate surface area is 104 Å². The predicted molar refractivity (Wildman–Crippen MR) is 69.7 cm³/mol. The first-order chi connectivity index (χ1) is 8.59. The second-order valence-corrected chi connectivity index (χ2v) is 3.82. The Morgan fingerprint density at radius 1 is 1.33 bits per heavy atom. The maximum absolute atomic E-state index is 13.2. The summed E-state index contributed by atoms with van der Waals surface area (Å²) in [5, 5.41) is 7.49. The zero-order valence-corrected chi connectivity index (χ0v) is 9.89. The van der Waals surface area contributed by atoms with E-state index in [0.29, 0.717) is 17.1 Å². The van der Waals surface area contributed by atoms with Gasteiger partial charge in [0.25, 0.3) is 0 Å². The fraction of sp³-hybridized carbons (Fsp3) is 0.0769. The van der Waals surface area contributed by atoms with Crippen molar-refractivity contribution in [2.45, 2.75) is 0 Å². The van der Waals surface area contributed by atoms with Crippen LogP contribution in [0.3, 0.4) is 0 Å². The summed E-state index contributed by atoms with van der Waals surface area (Å²) in [5.74, 6) is -0.429. The minimum absolute atomic E-state index is 0.117. The summed E-state index contributed by atoms with van der Waals surface area (Å²) < 4.78 is 13.2. The highest BCUT2D eigenvalue weighted by molar-refractivity contribution is 5.99. The molecule has 0 saturated heterocycles. The summed E-state index contributed by atoms with van der Waals surface area (Å²) in [4.78, 5) is 5.81. The van der Waals surface area contributed by atoms with E-state index in [0.717, 1.165) is 0 Å². The Bertz CT molecular complexity index is 583. The van der Waals surface area contributed by atoms with Crippen molar-refractivity contribution in [2.75, 3.05) is 11.9 Å². The lowest BCUT2D eigenvalue weighted by Crippen LogP contribution is -2.20. The molecule has 0 aliphatic rings. The van der Waals surface area contributed by atoms with Crippen LogP contribution in [0.25, 0.3) is 0 Å². The number of nitrogens with one attached hydrogen (secondary N) is 1. The fourth-order valence-electron chi connectivity index (χ4n) is 1.70. The van der Waals surface area contributed by atoms with Crippen molar-refractivity contribution in [3.63, 3.8) is 0 Å². The van der Waals surface area contributed by atoms with E-state index in [1.165, 1.54) is 12.1 Å². The number of hydrogen-bond donors (Lipinski definition) is 2. The van der Waals surface area contributed by atoms with Crippen molar-refractivity contribution in [3.05, 3.63) is 54.1 Å². The second-order valence-electron chi connectivity index (χ2n) is 3.82. The van der Waals surface area contributed by atoms with Crippen molar-refractivity contribution >= 4 is 17.2 Å². The molecule has 0 aliphatic heterocycles. The number of nitrogens with two attached hydrogens (primary N) is 1. The molecule has 0 unspecified atom stereocenters. The molecule has 2 aromatic rings. The summed E-state index contributed by atoms with van der Waals surface area (Å²) in [6.07, 6.45) is 1.57. The maximum Gasteiger partial charge on any atom is 0.143 e. The Balaban J connectivity index is 2.46. The number of amidine groups is 1. The normalized spacial score (nSPS) is 10.1. The number of pyridine rings is 1. The Kier molecular flexibility index (Phi) is 3.23. The van der Waals surface area contributed by atoms with E-state index in [2.05, 4.69) is 4.98 Å². The molecular weight excluding hydrogens is 231 g/mol. The predicted octanol–water partition coefficient (Wildman–Crippen LogP) is 2.27. The van der Waals surface area contributed by atoms with E-state index in [1.807, 2.05) is 0 Å². The number of hydrogen-bond acceptors (Lipinski definition) is 3. The van der Waals surface area contributed by atoms with Gasteiger partial charge in [-0.15, -0.1) is 0 Å². The summed E-state index contributed by atoms with van der Waals surface area (Å²) in [6, 6.07) is 9.74. The van der Waals surface area contributed by atoms with Gasteiger partial charge in [0.15, 0.2) is 0 Å². The van der Waals surface area contributed by atoms with Crippen molar-refractivity contribution in [1.29, 1.82) is 5.41 Å². The molecule has 0 saturated carbocycles. The number of anilines is 2. The molecule has 0 spiro atoms. The quantitative estimate of drug-likeness (QED) is 0.643. The maximum atomic E-state index is 13.2. The van der Waals surface area contributed by atoms with Gasteiger partial charge < -0.3 is 10.6 Å². The SMILES string of the molecule is CN(c1cccc(F)c1)c1cccnc1C(=N)N. The molecule has 0 fully saturated rings. The average molecular weight is 244 g/mol. The fourth-order valence-corrected chi connectivity index (χ4v) is 1.70. The van der Waals surface area contributed by atoms with E-state index in [-0.39, 0.29) is 11.7 Å². The topological polar surface area (TPSA) is 66.0 Å². The van der Waals surface area contributed by atoms with E-state index in [9.17, 15) is 4.39 Å². The first-order valence-corrected chi connectivity index (χ1v) is 5.38. The molecular formula is C13H13FN4. The van der Waals surface area contributed by atoms with Crippen LogP contribution in [-0.4, -0.2) is 17.9 Å². The lowest BCUT2D eigenvalue weighted by atomic mass is 10.2. The molecule has 0 radical (unpaired) electrons. The highest BCUT2D eigenvalue weighted by Crippen LogP contribution is 2.25. The zero-order valence-electron chi connectivity index (χ0n) is 9.89. The van der Waals surface area contributed by atoms with Gasteiger partial charge in [-0.2, -0.15) is 0 Å². The first-order valence-electron chi connectivity index (χ1n) is 5.38. The lowest BCUT2D eigenvalue weighted by molar-refractivity contribution is 0.628. The molecule has 1 aromatic heterocycles. The van der Waals surface area contributed by atoms with Crippen LogP contribution in [-0.2, 0) is 0 Å². The summed E-state index contributed by atoms with van der Waals surface area (Å²) in [6.45, 7) is 0. The minimum atomic E-state index is -0.312. The molecule has 4 nitrogen and oxygen atoms in total. The number of halogens is 1. The van der Waals surface area contributed by atoms with Gasteiger partial charge in [0.1, 0.15) is 17.3 Å². The molecule has 1 aromatic carbocycles. The first kappa shape index (κ1) is 12.0. The zero-order chi connectivity index (χ0) is 13.1. The third-order valence-electron chi connectivity index (χ3n) is 2.60. The highest BCUT2D eigenvalue weighted by Gasteiger charge is 2.12. The second kappa shape index (κ2) is 4.83. The molecule has 0 atom stereocenters. The monoisotopic (exact) mass is 244 g/mol. The third kappa shape index (κ3) is 2.29. The van der Waals surface area contributed by atoms with E-state index in [4.69, 9.17) is 11.1 Å². The molecule has 0 aliphatic carbocycles. The van der Waals surface area contributed by atoms with Crippen LogP contribution in [0.1, 0.15) is 5.69 Å². The molecule has 92 valence electrons. The van der Waals surface area contributed by atoms with E-state index < -0.39 is 0 Å². The van der Waals surface area contributed by atoms with Crippen LogP contribution in [0.15, 0.2) is 42.6 Å². The van der Waals surface area contributed by atoms with Crippen LogP contribution < -0.4 is 10.6 Å². The summed E-state index contributed by atoms with van der Waals surface area (Å²) >= 11 is 0. The number of nitrogen functional groups attached to an aromatic ring is 1. The molecule has 0 amide bonds. The number of rotatable bonds is 3. The third-order valence-corrected chi connectivity index (χ3v) is 2.60. The van der Waals surface area contributed by atoms with Gasteiger partial charge in [0.2, 0.25) is 0 Å². The number of benzene rings is 1. The molecule has 3 N–H and O–H groups in total. The van der Waals surface area contributed by atoms with E-state index >= 15 is 0 Å². The van der Waals surface area contributed by atoms with Crippen LogP contribution in [0, 0.1) is 11.2 Å². The molecule has 18 heavy (non-hydrogen) atoms. The summed E-state index contributed by atoms with van der Waals surface area (Å²) in [5.41, 5.74) is 7.19.